The van der Waals surface area contributed by atoms with Gasteiger partial charge in [0.05, 0.1) is 0 Å². The van der Waals surface area contributed by atoms with E-state index in [1.165, 1.54) is 24.0 Å². The number of nitrogens with zero attached hydrogens (tertiary/aromatic N) is 1. The van der Waals surface area contributed by atoms with E-state index in [2.05, 4.69) is 0 Å². The van der Waals surface area contributed by atoms with Gasteiger partial charge in [0.1, 0.15) is 5.38 Å². The van der Waals surface area contributed by atoms with Crippen molar-refractivity contribution in [2.45, 2.75) is 62.8 Å². The summed E-state index contributed by atoms with van der Waals surface area (Å²) < 4.78 is 1.25. The average molecular weight is 216 g/mol. The molecular formula is C11H18ClNO. The summed E-state index contributed by atoms with van der Waals surface area (Å²) in [6.07, 6.45) is 8.86. The van der Waals surface area contributed by atoms with Crippen LogP contribution in [0.3, 0.4) is 0 Å². The van der Waals surface area contributed by atoms with Crippen molar-refractivity contribution in [3.8, 4) is 0 Å². The molecule has 2 fully saturated rings. The monoisotopic (exact) mass is 215 g/mol. The number of hydroxylamine groups is 1. The molecule has 3 heteroatoms. The first-order valence-electron chi connectivity index (χ1n) is 5.75. The molecule has 1 unspecified atom stereocenters. The van der Waals surface area contributed by atoms with Crippen LogP contribution in [0.4, 0.5) is 0 Å². The third-order valence-electron chi connectivity index (χ3n) is 3.44. The summed E-state index contributed by atoms with van der Waals surface area (Å²) in [5.41, 5.74) is 0.957. The maximum absolute atomic E-state index is 12.0. The molecule has 0 saturated heterocycles. The SMILES string of the molecule is [O-]/[N+](=C1/CCCC1Cl)C1CCCCC1. The van der Waals surface area contributed by atoms with Gasteiger partial charge in [0.2, 0.25) is 0 Å². The van der Waals surface area contributed by atoms with Crippen LogP contribution in [0.15, 0.2) is 0 Å². The third-order valence-corrected chi connectivity index (χ3v) is 3.91. The zero-order valence-corrected chi connectivity index (χ0v) is 9.30. The number of alkyl halides is 1. The summed E-state index contributed by atoms with van der Waals surface area (Å²) in [6, 6.07) is 0.234. The molecule has 0 aromatic carbocycles. The van der Waals surface area contributed by atoms with E-state index in [0.29, 0.717) is 0 Å². The van der Waals surface area contributed by atoms with E-state index in [1.54, 1.807) is 0 Å². The summed E-state index contributed by atoms with van der Waals surface area (Å²) in [7, 11) is 0. The summed E-state index contributed by atoms with van der Waals surface area (Å²) in [6.45, 7) is 0. The van der Waals surface area contributed by atoms with Gasteiger partial charge in [-0.3, -0.25) is 0 Å². The molecular weight excluding hydrogens is 198 g/mol. The normalized spacial score (nSPS) is 33.4. The quantitative estimate of drug-likeness (QED) is 0.286. The molecule has 0 amide bonds. The first-order chi connectivity index (χ1) is 6.79. The number of rotatable bonds is 1. The van der Waals surface area contributed by atoms with Gasteiger partial charge in [-0.2, -0.15) is 0 Å². The molecule has 0 aliphatic heterocycles. The van der Waals surface area contributed by atoms with E-state index in [0.717, 1.165) is 37.8 Å². The highest BCUT2D eigenvalue weighted by Gasteiger charge is 2.30. The first-order valence-corrected chi connectivity index (χ1v) is 6.19. The van der Waals surface area contributed by atoms with Gasteiger partial charge in [0.15, 0.2) is 11.8 Å². The van der Waals surface area contributed by atoms with Crippen LogP contribution in [0, 0.1) is 5.21 Å². The van der Waals surface area contributed by atoms with Crippen molar-refractivity contribution < 1.29 is 4.74 Å². The molecule has 2 aliphatic carbocycles. The lowest BCUT2D eigenvalue weighted by atomic mass is 9.95. The van der Waals surface area contributed by atoms with E-state index in [9.17, 15) is 5.21 Å². The van der Waals surface area contributed by atoms with Crippen molar-refractivity contribution in [1.82, 2.24) is 0 Å². The average Bonchev–Trinajstić information content (AvgIpc) is 2.65. The van der Waals surface area contributed by atoms with Crippen LogP contribution < -0.4 is 0 Å². The van der Waals surface area contributed by atoms with Crippen LogP contribution in [-0.4, -0.2) is 21.9 Å². The van der Waals surface area contributed by atoms with Crippen LogP contribution in [0.5, 0.6) is 0 Å². The highest BCUT2D eigenvalue weighted by molar-refractivity contribution is 6.31. The molecule has 2 aliphatic rings. The van der Waals surface area contributed by atoms with Gasteiger partial charge in [0, 0.05) is 19.3 Å². The Morgan fingerprint density at radius 3 is 2.36 bits per heavy atom. The van der Waals surface area contributed by atoms with Crippen molar-refractivity contribution in [1.29, 1.82) is 0 Å². The molecule has 0 radical (unpaired) electrons. The molecule has 0 heterocycles. The molecule has 0 aromatic heterocycles. The van der Waals surface area contributed by atoms with Crippen LogP contribution in [0.25, 0.3) is 0 Å². The Bertz CT molecular complexity index is 233. The second-order valence-electron chi connectivity index (χ2n) is 4.47. The van der Waals surface area contributed by atoms with E-state index in [1.807, 2.05) is 0 Å². The van der Waals surface area contributed by atoms with Crippen LogP contribution in [-0.2, 0) is 0 Å². The molecule has 0 bridgehead atoms. The van der Waals surface area contributed by atoms with Gasteiger partial charge in [-0.25, -0.2) is 4.74 Å². The number of hydrogen-bond donors (Lipinski definition) is 0. The molecule has 0 aromatic rings. The smallest absolute Gasteiger partial charge is 0.181 e. The molecule has 80 valence electrons. The Hall–Kier alpha value is -0.240. The van der Waals surface area contributed by atoms with Gasteiger partial charge in [-0.1, -0.05) is 6.42 Å². The Kier molecular flexibility index (Phi) is 3.32. The minimum atomic E-state index is 0.0226. The third kappa shape index (κ3) is 2.05. The maximum atomic E-state index is 12.0. The number of halogens is 1. The molecule has 2 rings (SSSR count). The minimum absolute atomic E-state index is 0.0226. The lowest BCUT2D eigenvalue weighted by Crippen LogP contribution is -2.31. The van der Waals surface area contributed by atoms with Crippen molar-refractivity contribution in [2.24, 2.45) is 0 Å². The summed E-state index contributed by atoms with van der Waals surface area (Å²) in [5.74, 6) is 0. The minimum Gasteiger partial charge on any atom is -0.624 e. The van der Waals surface area contributed by atoms with Crippen LogP contribution >= 0.6 is 11.6 Å². The van der Waals surface area contributed by atoms with Crippen molar-refractivity contribution in [2.75, 3.05) is 0 Å². The fraction of sp³-hybridized carbons (Fsp3) is 0.909. The van der Waals surface area contributed by atoms with Gasteiger partial charge in [0.25, 0.3) is 0 Å². The largest absolute Gasteiger partial charge is 0.624 e. The summed E-state index contributed by atoms with van der Waals surface area (Å²) in [4.78, 5) is 0. The van der Waals surface area contributed by atoms with Crippen molar-refractivity contribution >= 4 is 17.3 Å². The lowest BCUT2D eigenvalue weighted by molar-refractivity contribution is -0.507. The van der Waals surface area contributed by atoms with Crippen LogP contribution in [0.2, 0.25) is 0 Å². The Morgan fingerprint density at radius 1 is 1.07 bits per heavy atom. The number of hydrogen-bond acceptors (Lipinski definition) is 1. The highest BCUT2D eigenvalue weighted by atomic mass is 35.5. The molecule has 2 saturated carbocycles. The predicted molar refractivity (Wildman–Crippen MR) is 59.0 cm³/mol. The van der Waals surface area contributed by atoms with E-state index in [-0.39, 0.29) is 11.4 Å². The second kappa shape index (κ2) is 4.52. The lowest BCUT2D eigenvalue weighted by Gasteiger charge is -2.23. The standard InChI is InChI=1S/C11H18ClNO/c12-10-7-4-8-11(10)13(14)9-5-2-1-3-6-9/h9-10H,1-8H2/b13-11-. The summed E-state index contributed by atoms with van der Waals surface area (Å²) in [5, 5.41) is 12.0. The van der Waals surface area contributed by atoms with Gasteiger partial charge in [-0.15, -0.1) is 11.6 Å². The van der Waals surface area contributed by atoms with Gasteiger partial charge >= 0.3 is 0 Å². The fourth-order valence-corrected chi connectivity index (χ4v) is 2.94. The Morgan fingerprint density at radius 2 is 1.79 bits per heavy atom. The van der Waals surface area contributed by atoms with E-state index in [4.69, 9.17) is 11.6 Å². The van der Waals surface area contributed by atoms with Crippen molar-refractivity contribution in [3.05, 3.63) is 5.21 Å². The molecule has 0 spiro atoms. The molecule has 1 atom stereocenters. The molecule has 0 N–H and O–H groups in total. The predicted octanol–water partition coefficient (Wildman–Crippen LogP) is 3.06. The zero-order valence-electron chi connectivity index (χ0n) is 8.54. The maximum Gasteiger partial charge on any atom is 0.181 e. The molecule has 2 nitrogen and oxygen atoms in total. The van der Waals surface area contributed by atoms with Crippen LogP contribution in [0.1, 0.15) is 51.4 Å². The summed E-state index contributed by atoms with van der Waals surface area (Å²) >= 11 is 6.11. The highest BCUT2D eigenvalue weighted by Crippen LogP contribution is 2.25. The van der Waals surface area contributed by atoms with Crippen molar-refractivity contribution in [3.63, 3.8) is 0 Å². The topological polar surface area (TPSA) is 26.1 Å². The molecule has 14 heavy (non-hydrogen) atoms. The Balaban J connectivity index is 2.07. The van der Waals surface area contributed by atoms with Gasteiger partial charge < -0.3 is 5.21 Å². The van der Waals surface area contributed by atoms with E-state index < -0.39 is 0 Å². The van der Waals surface area contributed by atoms with E-state index >= 15 is 0 Å². The van der Waals surface area contributed by atoms with Gasteiger partial charge in [-0.05, 0) is 25.7 Å². The Labute approximate surface area is 90.5 Å². The fourth-order valence-electron chi connectivity index (χ4n) is 2.58. The first kappa shape index (κ1) is 10.3. The zero-order chi connectivity index (χ0) is 9.97. The second-order valence-corrected chi connectivity index (χ2v) is 5.00.